The molecule has 1 atom stereocenters. The molecule has 0 aliphatic rings. The Labute approximate surface area is 114 Å². The van der Waals surface area contributed by atoms with Crippen molar-refractivity contribution in [3.63, 3.8) is 0 Å². The second-order valence-electron chi connectivity index (χ2n) is 4.81. The van der Waals surface area contributed by atoms with Crippen LogP contribution in [0.2, 0.25) is 0 Å². The lowest BCUT2D eigenvalue weighted by atomic mass is 10.1. The number of phenolic OH excluding ortho intramolecular Hbond substituents is 1. The number of aliphatic hydroxyl groups excluding tert-OH is 1. The van der Waals surface area contributed by atoms with Crippen LogP contribution in [-0.4, -0.2) is 35.5 Å². The molecule has 0 aromatic heterocycles. The summed E-state index contributed by atoms with van der Waals surface area (Å²) in [6, 6.07) is 5.26. The Bertz CT molecular complexity index is 404. The van der Waals surface area contributed by atoms with Gasteiger partial charge >= 0.3 is 0 Å². The molecule has 19 heavy (non-hydrogen) atoms. The summed E-state index contributed by atoms with van der Waals surface area (Å²) < 4.78 is 5.59. The number of ether oxygens (including phenoxy) is 1. The summed E-state index contributed by atoms with van der Waals surface area (Å²) in [5.74, 6) is 0.868. The summed E-state index contributed by atoms with van der Waals surface area (Å²) in [4.78, 5) is 0. The monoisotopic (exact) mass is 265 g/mol. The lowest BCUT2D eigenvalue weighted by Crippen LogP contribution is -2.35. The lowest BCUT2D eigenvalue weighted by molar-refractivity contribution is 0.104. The van der Waals surface area contributed by atoms with E-state index in [1.54, 1.807) is 24.3 Å². The molecular formula is C15H23NO3. The second kappa shape index (κ2) is 7.81. The van der Waals surface area contributed by atoms with E-state index in [1.807, 2.05) is 13.8 Å². The SMILES string of the molecule is C=CCc1cc(O)ccc1OCC(O)CNC(C)C. The highest BCUT2D eigenvalue weighted by Gasteiger charge is 2.09. The minimum absolute atomic E-state index is 0.200. The minimum atomic E-state index is -0.562. The number of allylic oxidation sites excluding steroid dienone is 1. The van der Waals surface area contributed by atoms with Crippen molar-refractivity contribution in [2.45, 2.75) is 32.4 Å². The van der Waals surface area contributed by atoms with Gasteiger partial charge in [-0.2, -0.15) is 0 Å². The van der Waals surface area contributed by atoms with Gasteiger partial charge in [0.05, 0.1) is 0 Å². The number of benzene rings is 1. The number of hydrogen-bond acceptors (Lipinski definition) is 4. The zero-order valence-electron chi connectivity index (χ0n) is 11.6. The van der Waals surface area contributed by atoms with Crippen LogP contribution < -0.4 is 10.1 Å². The van der Waals surface area contributed by atoms with Gasteiger partial charge in [-0.25, -0.2) is 0 Å². The highest BCUT2D eigenvalue weighted by Crippen LogP contribution is 2.24. The van der Waals surface area contributed by atoms with E-state index < -0.39 is 6.10 Å². The Hall–Kier alpha value is -1.52. The summed E-state index contributed by atoms with van der Waals surface area (Å²) in [6.45, 7) is 8.43. The fourth-order valence-electron chi connectivity index (χ4n) is 1.64. The Morgan fingerprint density at radius 2 is 2.16 bits per heavy atom. The molecule has 1 aromatic carbocycles. The summed E-state index contributed by atoms with van der Waals surface area (Å²) >= 11 is 0. The van der Waals surface area contributed by atoms with Crippen LogP contribution in [0, 0.1) is 0 Å². The Kier molecular flexibility index (Phi) is 6.39. The van der Waals surface area contributed by atoms with Crippen molar-refractivity contribution in [2.24, 2.45) is 0 Å². The third-order valence-electron chi connectivity index (χ3n) is 2.60. The number of aliphatic hydroxyl groups is 1. The molecule has 1 rings (SSSR count). The number of aromatic hydroxyl groups is 1. The van der Waals surface area contributed by atoms with Gasteiger partial charge in [-0.15, -0.1) is 6.58 Å². The molecule has 0 fully saturated rings. The average molecular weight is 265 g/mol. The molecule has 0 heterocycles. The van der Waals surface area contributed by atoms with Gasteiger partial charge in [0.15, 0.2) is 0 Å². The first-order valence-corrected chi connectivity index (χ1v) is 6.50. The topological polar surface area (TPSA) is 61.7 Å². The van der Waals surface area contributed by atoms with Gasteiger partial charge in [-0.3, -0.25) is 0 Å². The predicted octanol–water partition coefficient (Wildman–Crippen LogP) is 1.86. The maximum Gasteiger partial charge on any atom is 0.123 e. The van der Waals surface area contributed by atoms with Crippen molar-refractivity contribution in [3.05, 3.63) is 36.4 Å². The van der Waals surface area contributed by atoms with Crippen LogP contribution in [0.1, 0.15) is 19.4 Å². The minimum Gasteiger partial charge on any atom is -0.508 e. The molecule has 1 aromatic rings. The van der Waals surface area contributed by atoms with Crippen LogP contribution in [0.25, 0.3) is 0 Å². The summed E-state index contributed by atoms with van der Waals surface area (Å²) in [7, 11) is 0. The predicted molar refractivity (Wildman–Crippen MR) is 76.6 cm³/mol. The largest absolute Gasteiger partial charge is 0.508 e. The van der Waals surface area contributed by atoms with Crippen LogP contribution >= 0.6 is 0 Å². The Morgan fingerprint density at radius 3 is 2.79 bits per heavy atom. The van der Waals surface area contributed by atoms with E-state index >= 15 is 0 Å². The molecule has 0 bridgehead atoms. The van der Waals surface area contributed by atoms with Gasteiger partial charge in [0, 0.05) is 18.2 Å². The van der Waals surface area contributed by atoms with E-state index in [9.17, 15) is 10.2 Å². The molecule has 0 aliphatic heterocycles. The van der Waals surface area contributed by atoms with Crippen molar-refractivity contribution >= 4 is 0 Å². The summed E-state index contributed by atoms with van der Waals surface area (Å²) in [5, 5.41) is 22.4. The fraction of sp³-hybridized carbons (Fsp3) is 0.467. The first-order chi connectivity index (χ1) is 9.02. The Morgan fingerprint density at radius 1 is 1.42 bits per heavy atom. The van der Waals surface area contributed by atoms with E-state index in [0.717, 1.165) is 5.56 Å². The van der Waals surface area contributed by atoms with E-state index in [0.29, 0.717) is 24.8 Å². The van der Waals surface area contributed by atoms with Gasteiger partial charge < -0.3 is 20.3 Å². The van der Waals surface area contributed by atoms with Crippen LogP contribution in [0.3, 0.4) is 0 Å². The molecule has 106 valence electrons. The maximum atomic E-state index is 9.78. The first-order valence-electron chi connectivity index (χ1n) is 6.50. The molecule has 0 radical (unpaired) electrons. The molecule has 4 nitrogen and oxygen atoms in total. The van der Waals surface area contributed by atoms with E-state index in [2.05, 4.69) is 11.9 Å². The van der Waals surface area contributed by atoms with E-state index in [1.165, 1.54) is 0 Å². The maximum absolute atomic E-state index is 9.78. The third kappa shape index (κ3) is 5.77. The number of nitrogens with one attached hydrogen (secondary N) is 1. The zero-order chi connectivity index (χ0) is 14.3. The average Bonchev–Trinajstić information content (AvgIpc) is 2.35. The summed E-state index contributed by atoms with van der Waals surface area (Å²) in [6.07, 6.45) is 1.80. The van der Waals surface area contributed by atoms with Crippen LogP contribution in [0.15, 0.2) is 30.9 Å². The van der Waals surface area contributed by atoms with Gasteiger partial charge in [-0.05, 0) is 24.6 Å². The zero-order valence-corrected chi connectivity index (χ0v) is 11.6. The van der Waals surface area contributed by atoms with Crippen LogP contribution in [0.5, 0.6) is 11.5 Å². The number of rotatable bonds is 8. The molecular weight excluding hydrogens is 242 g/mol. The molecule has 4 heteroatoms. The van der Waals surface area contributed by atoms with Gasteiger partial charge in [0.1, 0.15) is 24.2 Å². The molecule has 0 saturated heterocycles. The number of hydrogen-bond donors (Lipinski definition) is 3. The van der Waals surface area contributed by atoms with Crippen molar-refractivity contribution in [1.29, 1.82) is 0 Å². The quantitative estimate of drug-likeness (QED) is 0.628. The third-order valence-corrected chi connectivity index (χ3v) is 2.60. The normalized spacial score (nSPS) is 12.4. The fourth-order valence-corrected chi connectivity index (χ4v) is 1.64. The van der Waals surface area contributed by atoms with Crippen molar-refractivity contribution in [2.75, 3.05) is 13.2 Å². The van der Waals surface area contributed by atoms with Gasteiger partial charge in [0.25, 0.3) is 0 Å². The molecule has 1 unspecified atom stereocenters. The summed E-state index contributed by atoms with van der Waals surface area (Å²) in [5.41, 5.74) is 0.860. The van der Waals surface area contributed by atoms with Gasteiger partial charge in [0.2, 0.25) is 0 Å². The first kappa shape index (κ1) is 15.5. The van der Waals surface area contributed by atoms with Crippen LogP contribution in [-0.2, 0) is 6.42 Å². The van der Waals surface area contributed by atoms with Crippen LogP contribution in [0.4, 0.5) is 0 Å². The smallest absolute Gasteiger partial charge is 0.123 e. The van der Waals surface area contributed by atoms with Crippen molar-refractivity contribution < 1.29 is 14.9 Å². The molecule has 0 amide bonds. The molecule has 0 aliphatic carbocycles. The second-order valence-corrected chi connectivity index (χ2v) is 4.81. The Balaban J connectivity index is 2.54. The van der Waals surface area contributed by atoms with Gasteiger partial charge in [-0.1, -0.05) is 19.9 Å². The van der Waals surface area contributed by atoms with Crippen molar-refractivity contribution in [1.82, 2.24) is 5.32 Å². The number of phenols is 1. The highest BCUT2D eigenvalue weighted by molar-refractivity contribution is 5.40. The molecule has 0 spiro atoms. The standard InChI is InChI=1S/C15H23NO3/c1-4-5-12-8-13(17)6-7-15(12)19-10-14(18)9-16-11(2)3/h4,6-8,11,14,16-18H,1,5,9-10H2,2-3H3. The van der Waals surface area contributed by atoms with E-state index in [4.69, 9.17) is 4.74 Å². The van der Waals surface area contributed by atoms with Crippen molar-refractivity contribution in [3.8, 4) is 11.5 Å². The lowest BCUT2D eigenvalue weighted by Gasteiger charge is -2.16. The highest BCUT2D eigenvalue weighted by atomic mass is 16.5. The van der Waals surface area contributed by atoms with E-state index in [-0.39, 0.29) is 12.4 Å². The molecule has 3 N–H and O–H groups in total. The molecule has 0 saturated carbocycles.